The predicted octanol–water partition coefficient (Wildman–Crippen LogP) is 3.57. The molecule has 0 unspecified atom stereocenters. The number of nitrogens with zero attached hydrogens (tertiary/aromatic N) is 2. The average molecular weight is 519 g/mol. The zero-order valence-electron chi connectivity index (χ0n) is 19.3. The number of halogens is 1. The van der Waals surface area contributed by atoms with Gasteiger partial charge in [0, 0.05) is 24.6 Å². The van der Waals surface area contributed by atoms with Crippen molar-refractivity contribution in [2.45, 2.75) is 45.6 Å². The van der Waals surface area contributed by atoms with Crippen LogP contribution in [0.1, 0.15) is 49.5 Å². The highest BCUT2D eigenvalue weighted by molar-refractivity contribution is 8.93. The Morgan fingerprint density at radius 2 is 1.79 bits per heavy atom. The largest absolute Gasteiger partial charge is 0.504 e. The molecule has 0 spiro atoms. The summed E-state index contributed by atoms with van der Waals surface area (Å²) >= 11 is 0. The number of para-hydroxylation sites is 2. The Labute approximate surface area is 203 Å². The van der Waals surface area contributed by atoms with Crippen molar-refractivity contribution in [3.63, 3.8) is 0 Å². The summed E-state index contributed by atoms with van der Waals surface area (Å²) in [6.45, 7) is 5.99. The van der Waals surface area contributed by atoms with Gasteiger partial charge in [-0.3, -0.25) is 15.0 Å². The van der Waals surface area contributed by atoms with E-state index >= 15 is 0 Å². The highest BCUT2D eigenvalue weighted by Gasteiger charge is 2.24. The second-order valence-electron chi connectivity index (χ2n) is 8.92. The highest BCUT2D eigenvalue weighted by Crippen LogP contribution is 2.39. The third-order valence-corrected chi connectivity index (χ3v) is 5.44. The molecule has 0 aliphatic heterocycles. The summed E-state index contributed by atoms with van der Waals surface area (Å²) in [4.78, 5) is 24.2. The zero-order valence-corrected chi connectivity index (χ0v) is 21.1. The first kappa shape index (κ1) is 26.2. The molecule has 33 heavy (non-hydrogen) atoms. The zero-order chi connectivity index (χ0) is 23.6. The van der Waals surface area contributed by atoms with Crippen LogP contribution in [-0.4, -0.2) is 32.5 Å². The van der Waals surface area contributed by atoms with Gasteiger partial charge in [0.1, 0.15) is 0 Å². The Bertz CT molecular complexity index is 1240. The van der Waals surface area contributed by atoms with Gasteiger partial charge in [-0.15, -0.1) is 17.0 Å². The number of phenols is 1. The van der Waals surface area contributed by atoms with Crippen molar-refractivity contribution in [3.05, 3.63) is 53.1 Å². The van der Waals surface area contributed by atoms with Crippen LogP contribution in [0, 0.1) is 5.41 Å². The molecular weight excluding hydrogens is 488 g/mol. The molecule has 0 fully saturated rings. The van der Waals surface area contributed by atoms with E-state index in [1.54, 1.807) is 22.2 Å². The van der Waals surface area contributed by atoms with E-state index in [4.69, 9.17) is 15.9 Å². The normalized spacial score (nSPS) is 11.3. The van der Waals surface area contributed by atoms with Crippen LogP contribution < -0.4 is 16.1 Å². The van der Waals surface area contributed by atoms with Crippen LogP contribution in [0.25, 0.3) is 11.0 Å². The number of ether oxygens (including phenoxy) is 1. The number of carbonyl (C=O) groups excluding carboxylic acids is 2. The van der Waals surface area contributed by atoms with E-state index in [2.05, 4.69) is 0 Å². The summed E-state index contributed by atoms with van der Waals surface area (Å²) in [7, 11) is 1.79. The molecule has 0 atom stereocenters. The van der Waals surface area contributed by atoms with Crippen molar-refractivity contribution in [2.75, 3.05) is 6.61 Å². The first-order chi connectivity index (χ1) is 15.0. The average Bonchev–Trinajstić information content (AvgIpc) is 2.96. The SMILES string of the molecule is Br.Cn1c(=N)n(CC(=O)c2cc(OCCCC(N)=O)c(O)c(C(C)(C)C)c2)c2ccccc21. The minimum atomic E-state index is -0.432. The smallest absolute Gasteiger partial charge is 0.217 e. The number of phenolic OH excluding ortho intramolecular Hbond substituents is 1. The fourth-order valence-electron chi connectivity index (χ4n) is 3.66. The number of fused-ring (bicyclic) bond motifs is 1. The molecule has 0 aliphatic rings. The second-order valence-corrected chi connectivity index (χ2v) is 8.92. The number of ketones is 1. The molecule has 3 rings (SSSR count). The van der Waals surface area contributed by atoms with Gasteiger partial charge in [0.25, 0.3) is 0 Å². The lowest BCUT2D eigenvalue weighted by atomic mass is 9.84. The molecule has 0 radical (unpaired) electrons. The lowest BCUT2D eigenvalue weighted by Gasteiger charge is -2.23. The third-order valence-electron chi connectivity index (χ3n) is 5.44. The van der Waals surface area contributed by atoms with Crippen LogP contribution >= 0.6 is 17.0 Å². The lowest BCUT2D eigenvalue weighted by Crippen LogP contribution is -2.26. The number of Topliss-reactive ketones (excluding diaryl/α,β-unsaturated/α-hetero) is 1. The fraction of sp³-hybridized carbons (Fsp3) is 0.375. The maximum Gasteiger partial charge on any atom is 0.217 e. The van der Waals surface area contributed by atoms with Gasteiger partial charge >= 0.3 is 0 Å². The molecule has 178 valence electrons. The quantitative estimate of drug-likeness (QED) is 0.311. The van der Waals surface area contributed by atoms with E-state index in [9.17, 15) is 14.7 Å². The van der Waals surface area contributed by atoms with E-state index in [1.165, 1.54) is 6.07 Å². The molecule has 2 aromatic carbocycles. The van der Waals surface area contributed by atoms with Crippen LogP contribution in [0.4, 0.5) is 0 Å². The van der Waals surface area contributed by atoms with Gasteiger partial charge in [0.05, 0.1) is 24.2 Å². The first-order valence-corrected chi connectivity index (χ1v) is 10.5. The maximum absolute atomic E-state index is 13.3. The number of amides is 1. The van der Waals surface area contributed by atoms with E-state index in [-0.39, 0.29) is 59.5 Å². The molecule has 0 aliphatic carbocycles. The Morgan fingerprint density at radius 1 is 1.15 bits per heavy atom. The molecule has 1 amide bonds. The van der Waals surface area contributed by atoms with Gasteiger partial charge in [-0.2, -0.15) is 0 Å². The molecule has 3 aromatic rings. The number of aryl methyl sites for hydroxylation is 1. The number of benzene rings is 2. The number of imidazole rings is 1. The van der Waals surface area contributed by atoms with Crippen molar-refractivity contribution in [1.29, 1.82) is 5.41 Å². The van der Waals surface area contributed by atoms with E-state index in [0.717, 1.165) is 11.0 Å². The van der Waals surface area contributed by atoms with Crippen molar-refractivity contribution < 1.29 is 19.4 Å². The molecular formula is C24H31BrN4O4. The van der Waals surface area contributed by atoms with Crippen LogP contribution in [-0.2, 0) is 23.8 Å². The Kier molecular flexibility index (Phi) is 8.13. The van der Waals surface area contributed by atoms with Gasteiger partial charge in [-0.1, -0.05) is 32.9 Å². The number of rotatable bonds is 8. The molecule has 0 saturated heterocycles. The number of hydrogen-bond acceptors (Lipinski definition) is 5. The molecule has 8 nitrogen and oxygen atoms in total. The standard InChI is InChI=1S/C24H30N4O4.BrH/c1-24(2,3)16-12-15(13-20(22(16)31)32-11-7-10-21(25)30)19(29)14-28-18-9-6-5-8-17(18)27(4)23(28)26;/h5-6,8-9,12-13,26,31H,7,10-11,14H2,1-4H3,(H2,25,30);1H. The molecule has 0 saturated carbocycles. The second kappa shape index (κ2) is 10.2. The molecule has 0 bridgehead atoms. The van der Waals surface area contributed by atoms with E-state index in [1.807, 2.05) is 45.0 Å². The van der Waals surface area contributed by atoms with Crippen LogP contribution in [0.3, 0.4) is 0 Å². The van der Waals surface area contributed by atoms with Gasteiger partial charge < -0.3 is 24.7 Å². The van der Waals surface area contributed by atoms with E-state index < -0.39 is 11.3 Å². The Balaban J connectivity index is 0.00000385. The van der Waals surface area contributed by atoms with Gasteiger partial charge in [-0.25, -0.2) is 0 Å². The molecule has 9 heteroatoms. The number of carbonyl (C=O) groups is 2. The van der Waals surface area contributed by atoms with Crippen molar-refractivity contribution in [3.8, 4) is 11.5 Å². The number of aromatic hydroxyl groups is 1. The Morgan fingerprint density at radius 3 is 2.39 bits per heavy atom. The third kappa shape index (κ3) is 5.65. The fourth-order valence-corrected chi connectivity index (χ4v) is 3.66. The number of aromatic nitrogens is 2. The van der Waals surface area contributed by atoms with Crippen molar-refractivity contribution in [2.24, 2.45) is 12.8 Å². The topological polar surface area (TPSA) is 123 Å². The van der Waals surface area contributed by atoms with Gasteiger partial charge in [-0.05, 0) is 36.1 Å². The Hall–Kier alpha value is -3.07. The summed E-state index contributed by atoms with van der Waals surface area (Å²) in [6, 6.07) is 10.8. The molecule has 4 N–H and O–H groups in total. The molecule has 1 heterocycles. The first-order valence-electron chi connectivity index (χ1n) is 10.5. The van der Waals surface area contributed by atoms with Gasteiger partial charge in [0.2, 0.25) is 11.5 Å². The summed E-state index contributed by atoms with van der Waals surface area (Å²) < 4.78 is 9.10. The van der Waals surface area contributed by atoms with E-state index in [0.29, 0.717) is 17.5 Å². The number of nitrogens with one attached hydrogen (secondary N) is 1. The summed E-state index contributed by atoms with van der Waals surface area (Å²) in [5.41, 5.74) is 7.59. The van der Waals surface area contributed by atoms with Crippen LogP contribution in [0.5, 0.6) is 11.5 Å². The number of nitrogens with two attached hydrogens (primary N) is 1. The van der Waals surface area contributed by atoms with Gasteiger partial charge in [0.15, 0.2) is 17.3 Å². The summed E-state index contributed by atoms with van der Waals surface area (Å²) in [5.74, 6) is -0.450. The number of primary amides is 1. The number of hydrogen-bond donors (Lipinski definition) is 3. The summed E-state index contributed by atoms with van der Waals surface area (Å²) in [5, 5.41) is 19.2. The van der Waals surface area contributed by atoms with Crippen molar-refractivity contribution in [1.82, 2.24) is 9.13 Å². The van der Waals surface area contributed by atoms with Crippen LogP contribution in [0.15, 0.2) is 36.4 Å². The van der Waals surface area contributed by atoms with Crippen molar-refractivity contribution >= 4 is 39.7 Å². The van der Waals surface area contributed by atoms with Crippen LogP contribution in [0.2, 0.25) is 0 Å². The maximum atomic E-state index is 13.3. The minimum Gasteiger partial charge on any atom is -0.504 e. The monoisotopic (exact) mass is 518 g/mol. The lowest BCUT2D eigenvalue weighted by molar-refractivity contribution is -0.118. The molecule has 1 aromatic heterocycles. The highest BCUT2D eigenvalue weighted by atomic mass is 79.9. The summed E-state index contributed by atoms with van der Waals surface area (Å²) in [6.07, 6.45) is 0.585. The predicted molar refractivity (Wildman–Crippen MR) is 132 cm³/mol. The minimum absolute atomic E-state index is 0.